The second-order valence-corrected chi connectivity index (χ2v) is 11.1. The van der Waals surface area contributed by atoms with E-state index in [9.17, 15) is 4.79 Å². The highest BCUT2D eigenvalue weighted by Crippen LogP contribution is 2.44. The lowest BCUT2D eigenvalue weighted by Crippen LogP contribution is -2.56. The Morgan fingerprint density at radius 3 is 2.54 bits per heavy atom. The fourth-order valence-corrected chi connectivity index (χ4v) is 6.28. The van der Waals surface area contributed by atoms with E-state index in [1.165, 1.54) is 0 Å². The van der Waals surface area contributed by atoms with E-state index >= 15 is 0 Å². The predicted octanol–water partition coefficient (Wildman–Crippen LogP) is 6.56. The number of nitrogens with zero attached hydrogens (tertiary/aromatic N) is 3. The summed E-state index contributed by atoms with van der Waals surface area (Å²) in [4.78, 5) is 20.5. The number of carbonyl (C=O) groups excluding carboxylic acids is 1. The summed E-state index contributed by atoms with van der Waals surface area (Å²) in [5.41, 5.74) is 1.76. The molecule has 0 bridgehead atoms. The van der Waals surface area contributed by atoms with E-state index in [0.717, 1.165) is 47.3 Å². The second kappa shape index (κ2) is 13.0. The zero-order valence-electron chi connectivity index (χ0n) is 22.9. The van der Waals surface area contributed by atoms with Crippen LogP contribution in [0.4, 0.5) is 5.69 Å². The average molecular weight is 618 g/mol. The summed E-state index contributed by atoms with van der Waals surface area (Å²) >= 11 is 10.5. The van der Waals surface area contributed by atoms with E-state index in [-0.39, 0.29) is 16.6 Å². The molecule has 4 rings (SSSR count). The van der Waals surface area contributed by atoms with Gasteiger partial charge < -0.3 is 19.1 Å². The largest absolute Gasteiger partial charge is 0.496 e. The molecule has 0 aliphatic carbocycles. The van der Waals surface area contributed by atoms with Crippen LogP contribution in [0.2, 0.25) is 5.02 Å². The maximum absolute atomic E-state index is 13.2. The van der Waals surface area contributed by atoms with Gasteiger partial charge in [0.15, 0.2) is 17.2 Å². The van der Waals surface area contributed by atoms with Crippen LogP contribution < -0.4 is 18.7 Å². The summed E-state index contributed by atoms with van der Waals surface area (Å²) in [5, 5.41) is 0.383. The fourth-order valence-electron chi connectivity index (χ4n) is 5.47. The number of quaternary nitrogens is 1. The van der Waals surface area contributed by atoms with Gasteiger partial charge in [-0.25, -0.2) is 9.28 Å². The number of ether oxygens (including phenoxy) is 3. The van der Waals surface area contributed by atoms with E-state index in [2.05, 4.69) is 40.0 Å². The van der Waals surface area contributed by atoms with Crippen LogP contribution in [0.5, 0.6) is 17.2 Å². The molecule has 2 heterocycles. The first-order chi connectivity index (χ1) is 18.9. The van der Waals surface area contributed by atoms with Crippen molar-refractivity contribution in [3.8, 4) is 17.2 Å². The molecule has 0 saturated heterocycles. The van der Waals surface area contributed by atoms with Crippen molar-refractivity contribution in [3.63, 3.8) is 0 Å². The van der Waals surface area contributed by atoms with E-state index in [4.69, 9.17) is 30.8 Å². The number of amides is 1. The number of carbonyl (C=O) groups is 1. The lowest BCUT2D eigenvalue weighted by molar-refractivity contribution is -0.117. The standard InChI is InChI=1S/C30H36BrClN3O4/c1-5-6-9-16-35(20-36,25-12-14-27(38-3)30(39-4)29(25)32)19-23-24(34-15-8-7-10-28(34)33-23)18-21-17-22(31)11-13-26(21)37-2/h7-8,10-15,17,20,23-24H,5-6,9,16,18-19H2,1-4H3/q+1. The summed E-state index contributed by atoms with van der Waals surface area (Å²) in [6, 6.07) is 9.52. The number of amidine groups is 1. The molecule has 2 aliphatic heterocycles. The molecule has 39 heavy (non-hydrogen) atoms. The first-order valence-corrected chi connectivity index (χ1v) is 14.4. The summed E-state index contributed by atoms with van der Waals surface area (Å²) < 4.78 is 17.8. The topological polar surface area (TPSA) is 60.4 Å². The Morgan fingerprint density at radius 1 is 1.08 bits per heavy atom. The van der Waals surface area contributed by atoms with Crippen LogP contribution in [0.3, 0.4) is 0 Å². The zero-order chi connectivity index (χ0) is 28.0. The highest BCUT2D eigenvalue weighted by Gasteiger charge is 2.44. The number of halogens is 2. The third-order valence-electron chi connectivity index (χ3n) is 7.46. The van der Waals surface area contributed by atoms with Crippen LogP contribution in [0, 0.1) is 0 Å². The lowest BCUT2D eigenvalue weighted by Gasteiger charge is -2.36. The Balaban J connectivity index is 1.78. The van der Waals surface area contributed by atoms with Crippen molar-refractivity contribution in [2.45, 2.75) is 44.7 Å². The third kappa shape index (κ3) is 6.03. The molecule has 0 aromatic heterocycles. The Labute approximate surface area is 244 Å². The molecule has 3 atom stereocenters. The maximum atomic E-state index is 13.2. The van der Waals surface area contributed by atoms with Crippen molar-refractivity contribution in [3.05, 3.63) is 69.8 Å². The van der Waals surface area contributed by atoms with Crippen molar-refractivity contribution in [1.82, 2.24) is 9.38 Å². The minimum absolute atomic E-state index is 0.0213. The molecule has 0 fully saturated rings. The van der Waals surface area contributed by atoms with Crippen molar-refractivity contribution in [1.29, 1.82) is 0 Å². The monoisotopic (exact) mass is 616 g/mol. The summed E-state index contributed by atoms with van der Waals surface area (Å²) in [7, 11) is 4.82. The molecule has 3 unspecified atom stereocenters. The molecule has 0 saturated carbocycles. The molecule has 0 spiro atoms. The Hall–Kier alpha value is -2.81. The number of fused-ring (bicyclic) bond motifs is 1. The van der Waals surface area contributed by atoms with Gasteiger partial charge in [0.25, 0.3) is 0 Å². The fraction of sp³-hybridized carbons (Fsp3) is 0.400. The van der Waals surface area contributed by atoms with Crippen molar-refractivity contribution in [2.24, 2.45) is 4.99 Å². The molecule has 0 radical (unpaired) electrons. The summed E-state index contributed by atoms with van der Waals surface area (Å²) in [6.07, 6.45) is 12.7. The average Bonchev–Trinajstić information content (AvgIpc) is 3.28. The van der Waals surface area contributed by atoms with Gasteiger partial charge in [0, 0.05) is 16.7 Å². The van der Waals surface area contributed by atoms with Crippen LogP contribution in [-0.4, -0.2) is 63.6 Å². The molecule has 0 N–H and O–H groups in total. The van der Waals surface area contributed by atoms with Gasteiger partial charge in [0.05, 0.1) is 33.9 Å². The van der Waals surface area contributed by atoms with Gasteiger partial charge in [0.2, 0.25) is 0 Å². The Kier molecular flexibility index (Phi) is 9.75. The zero-order valence-corrected chi connectivity index (χ0v) is 25.2. The molecule has 2 aliphatic rings. The van der Waals surface area contributed by atoms with Gasteiger partial charge in [-0.15, -0.1) is 0 Å². The number of benzene rings is 2. The third-order valence-corrected chi connectivity index (χ3v) is 8.32. The molecule has 9 heteroatoms. The first-order valence-electron chi connectivity index (χ1n) is 13.2. The van der Waals surface area contributed by atoms with Crippen LogP contribution in [0.25, 0.3) is 0 Å². The molecular formula is C30H36BrClN3O4+. The molecule has 2 aromatic carbocycles. The number of rotatable bonds is 13. The Morgan fingerprint density at radius 2 is 1.85 bits per heavy atom. The minimum Gasteiger partial charge on any atom is -0.496 e. The van der Waals surface area contributed by atoms with E-state index in [0.29, 0.717) is 41.7 Å². The number of methoxy groups -OCH3 is 3. The molecule has 1 amide bonds. The quantitative estimate of drug-likeness (QED) is 0.145. The molecule has 7 nitrogen and oxygen atoms in total. The first kappa shape index (κ1) is 29.2. The van der Waals surface area contributed by atoms with Gasteiger partial charge in [-0.1, -0.05) is 47.0 Å². The van der Waals surface area contributed by atoms with Crippen LogP contribution in [-0.2, 0) is 11.2 Å². The molecular weight excluding hydrogens is 582 g/mol. The van der Waals surface area contributed by atoms with E-state index < -0.39 is 0 Å². The van der Waals surface area contributed by atoms with Crippen molar-refractivity contribution >= 4 is 45.5 Å². The van der Waals surface area contributed by atoms with E-state index in [1.807, 2.05) is 42.5 Å². The van der Waals surface area contributed by atoms with Crippen LogP contribution in [0.1, 0.15) is 31.7 Å². The number of unbranched alkanes of at least 4 members (excludes halogenated alkanes) is 2. The summed E-state index contributed by atoms with van der Waals surface area (Å²) in [6.45, 7) is 3.21. The van der Waals surface area contributed by atoms with Crippen molar-refractivity contribution < 1.29 is 19.0 Å². The van der Waals surface area contributed by atoms with Gasteiger partial charge in [-0.2, -0.15) is 0 Å². The van der Waals surface area contributed by atoms with Crippen LogP contribution in [0.15, 0.2) is 64.2 Å². The van der Waals surface area contributed by atoms with E-state index in [1.54, 1.807) is 21.3 Å². The highest BCUT2D eigenvalue weighted by atomic mass is 79.9. The normalized spacial score (nSPS) is 19.3. The predicted molar refractivity (Wildman–Crippen MR) is 161 cm³/mol. The van der Waals surface area contributed by atoms with Gasteiger partial charge >= 0.3 is 6.41 Å². The molecule has 208 valence electrons. The smallest absolute Gasteiger partial charge is 0.306 e. The SMILES string of the molecule is CCCCC[N+](C=O)(CC1N=C2C=CC=CN2C1Cc1cc(Br)ccc1OC)c1ccc(OC)c(OC)c1Cl. The van der Waals surface area contributed by atoms with Crippen LogP contribution >= 0.6 is 27.5 Å². The van der Waals surface area contributed by atoms with Gasteiger partial charge in [-0.05, 0) is 61.2 Å². The number of hydrogen-bond acceptors (Lipinski definition) is 6. The highest BCUT2D eigenvalue weighted by molar-refractivity contribution is 9.10. The maximum Gasteiger partial charge on any atom is 0.306 e. The number of aliphatic imine (C=N–C) groups is 1. The lowest BCUT2D eigenvalue weighted by atomic mass is 9.97. The minimum atomic E-state index is -0.188. The second-order valence-electron chi connectivity index (χ2n) is 9.78. The Bertz CT molecular complexity index is 1280. The van der Waals surface area contributed by atoms with Crippen molar-refractivity contribution in [2.75, 3.05) is 34.4 Å². The number of allylic oxidation sites excluding steroid dienone is 2. The summed E-state index contributed by atoms with van der Waals surface area (Å²) in [5.74, 6) is 2.66. The molecule has 2 aromatic rings. The van der Waals surface area contributed by atoms with Gasteiger partial charge in [-0.3, -0.25) is 4.99 Å². The van der Waals surface area contributed by atoms with Gasteiger partial charge in [0.1, 0.15) is 29.2 Å². The number of hydrogen-bond donors (Lipinski definition) is 0.